The van der Waals surface area contributed by atoms with Crippen molar-refractivity contribution in [1.82, 2.24) is 15.1 Å². The lowest BCUT2D eigenvalue weighted by atomic mass is 9.85. The topological polar surface area (TPSA) is 148 Å². The van der Waals surface area contributed by atoms with Crippen molar-refractivity contribution in [3.8, 4) is 0 Å². The molecule has 15 heteroatoms. The van der Waals surface area contributed by atoms with Crippen molar-refractivity contribution in [2.45, 2.75) is 57.8 Å². The number of alkyl halides is 2. The van der Waals surface area contributed by atoms with Gasteiger partial charge in [-0.1, -0.05) is 57.2 Å². The maximum Gasteiger partial charge on any atom is 0.399 e. The van der Waals surface area contributed by atoms with Gasteiger partial charge in [0.1, 0.15) is 12.1 Å². The summed E-state index contributed by atoms with van der Waals surface area (Å²) in [7, 11) is -2.51. The molecule has 2 atom stereocenters. The summed E-state index contributed by atoms with van der Waals surface area (Å²) >= 11 is 0.979. The van der Waals surface area contributed by atoms with E-state index in [0.29, 0.717) is 23.2 Å². The number of benzene rings is 3. The highest BCUT2D eigenvalue weighted by atomic mass is 32.1. The van der Waals surface area contributed by atoms with Crippen molar-refractivity contribution >= 4 is 69.1 Å². The van der Waals surface area contributed by atoms with E-state index in [4.69, 9.17) is 9.79 Å². The lowest BCUT2D eigenvalue weighted by Gasteiger charge is -2.36. The third kappa shape index (κ3) is 7.99. The first kappa shape index (κ1) is 38.0. The van der Waals surface area contributed by atoms with Crippen LogP contribution < -0.4 is 10.2 Å². The van der Waals surface area contributed by atoms with E-state index in [1.165, 1.54) is 21.9 Å². The van der Waals surface area contributed by atoms with E-state index in [-0.39, 0.29) is 41.6 Å². The molecule has 1 aliphatic rings. The van der Waals surface area contributed by atoms with Crippen LogP contribution in [0.4, 0.5) is 14.5 Å². The van der Waals surface area contributed by atoms with Crippen molar-refractivity contribution < 1.29 is 42.3 Å². The molecular formula is C36H41F2N4O7PS. The van der Waals surface area contributed by atoms with Crippen molar-refractivity contribution in [3.63, 3.8) is 0 Å². The molecule has 1 aromatic heterocycles. The number of thiophene rings is 1. The van der Waals surface area contributed by atoms with Crippen molar-refractivity contribution in [3.05, 3.63) is 77.2 Å². The Hall–Kier alpha value is -4.23. The van der Waals surface area contributed by atoms with E-state index in [0.717, 1.165) is 34.2 Å². The lowest BCUT2D eigenvalue weighted by Crippen LogP contribution is -2.58. The molecule has 5 rings (SSSR count). The molecule has 51 heavy (non-hydrogen) atoms. The van der Waals surface area contributed by atoms with Gasteiger partial charge in [-0.2, -0.15) is 8.78 Å². The highest BCUT2D eigenvalue weighted by Gasteiger charge is 2.50. The zero-order valence-corrected chi connectivity index (χ0v) is 30.6. The van der Waals surface area contributed by atoms with Crippen LogP contribution >= 0.6 is 18.9 Å². The molecule has 3 aromatic carbocycles. The molecule has 2 unspecified atom stereocenters. The lowest BCUT2D eigenvalue weighted by molar-refractivity contribution is -0.141. The van der Waals surface area contributed by atoms with Gasteiger partial charge < -0.3 is 29.8 Å². The predicted octanol–water partition coefficient (Wildman–Crippen LogP) is 5.93. The van der Waals surface area contributed by atoms with Crippen LogP contribution in [0.25, 0.3) is 20.9 Å². The van der Waals surface area contributed by atoms with Gasteiger partial charge in [-0.15, -0.1) is 11.3 Å². The number of anilines is 1. The number of carbonyl (C=O) groups excluding carboxylic acids is 4. The molecular weight excluding hydrogens is 701 g/mol. The summed E-state index contributed by atoms with van der Waals surface area (Å²) in [5.74, 6) is -1.60. The molecule has 2 heterocycles. The van der Waals surface area contributed by atoms with E-state index < -0.39 is 48.1 Å². The molecule has 1 fully saturated rings. The molecule has 1 aliphatic heterocycles. The quantitative estimate of drug-likeness (QED) is 0.171. The fourth-order valence-electron chi connectivity index (χ4n) is 6.14. The number of rotatable bonds is 10. The Labute approximate surface area is 298 Å². The molecule has 272 valence electrons. The molecule has 0 spiro atoms. The maximum absolute atomic E-state index is 14.4. The number of hydrogen-bond donors (Lipinski definition) is 3. The van der Waals surface area contributed by atoms with Gasteiger partial charge in [0.15, 0.2) is 0 Å². The van der Waals surface area contributed by atoms with Crippen LogP contribution in [0.3, 0.4) is 0 Å². The number of carbonyl (C=O) groups is 4. The Morgan fingerprint density at radius 1 is 0.980 bits per heavy atom. The Balaban J connectivity index is 1.40. The van der Waals surface area contributed by atoms with E-state index in [1.807, 2.05) is 42.5 Å². The predicted molar refractivity (Wildman–Crippen MR) is 193 cm³/mol. The molecule has 0 radical (unpaired) electrons. The van der Waals surface area contributed by atoms with Gasteiger partial charge in [0.05, 0.1) is 4.88 Å². The Morgan fingerprint density at radius 2 is 1.67 bits per heavy atom. The fourth-order valence-corrected chi connectivity index (χ4v) is 7.56. The zero-order valence-electron chi connectivity index (χ0n) is 28.9. The highest BCUT2D eigenvalue weighted by molar-refractivity contribution is 7.52. The van der Waals surface area contributed by atoms with Crippen molar-refractivity contribution in [2.75, 3.05) is 32.1 Å². The summed E-state index contributed by atoms with van der Waals surface area (Å²) < 4.78 is 40.6. The van der Waals surface area contributed by atoms with Gasteiger partial charge in [-0.25, -0.2) is 0 Å². The SMILES string of the molecule is CN(C)C(=O)CCN(C(=O)C1CCCN1C(=O)C(NC(=O)c1cc2cc(C(F)(F)P(=O)(O)O)ccc2s1)C(C)(C)C)c1ccc2ccccc2c1. The number of nitrogens with one attached hydrogen (secondary N) is 1. The first-order valence-electron chi connectivity index (χ1n) is 16.4. The van der Waals surface area contributed by atoms with Gasteiger partial charge in [-0.3, -0.25) is 23.7 Å². The van der Waals surface area contributed by atoms with Gasteiger partial charge in [0, 0.05) is 49.6 Å². The maximum atomic E-state index is 14.4. The van der Waals surface area contributed by atoms with Crippen LogP contribution in [-0.4, -0.2) is 82.5 Å². The normalized spacial score (nSPS) is 15.9. The summed E-state index contributed by atoms with van der Waals surface area (Å²) in [6.07, 6.45) is 1.01. The smallest absolute Gasteiger partial charge is 0.349 e. The standard InChI is InChI=1S/C36H41F2N4O7PS/c1-35(2,3)31(39-32(44)29-21-24-19-25(13-15-28(24)51-29)36(37,38)50(47,48)49)34(46)42-17-8-11-27(42)33(45)41(18-16-30(43)40(4)5)26-14-12-22-9-6-7-10-23(22)20-26/h6-7,9-10,12-15,19-21,27,31H,8,11,16-18H2,1-5H3,(H,39,44)(H2,47,48,49). The van der Waals surface area contributed by atoms with Gasteiger partial charge in [0.25, 0.3) is 5.91 Å². The minimum atomic E-state index is -5.79. The third-order valence-electron chi connectivity index (χ3n) is 9.02. The molecule has 0 aliphatic carbocycles. The molecule has 0 saturated carbocycles. The van der Waals surface area contributed by atoms with Crippen LogP contribution in [0.2, 0.25) is 0 Å². The van der Waals surface area contributed by atoms with Crippen LogP contribution in [-0.2, 0) is 24.6 Å². The summed E-state index contributed by atoms with van der Waals surface area (Å²) in [5.41, 5.74) is -5.51. The Kier molecular flexibility index (Phi) is 10.7. The summed E-state index contributed by atoms with van der Waals surface area (Å²) in [4.78, 5) is 77.8. The number of fused-ring (bicyclic) bond motifs is 2. The van der Waals surface area contributed by atoms with Crippen LogP contribution in [0.5, 0.6) is 0 Å². The first-order valence-corrected chi connectivity index (χ1v) is 18.8. The number of halogens is 2. The third-order valence-corrected chi connectivity index (χ3v) is 11.1. The molecule has 11 nitrogen and oxygen atoms in total. The summed E-state index contributed by atoms with van der Waals surface area (Å²) in [5, 5.41) is 4.88. The number of hydrogen-bond acceptors (Lipinski definition) is 6. The summed E-state index contributed by atoms with van der Waals surface area (Å²) in [6, 6.07) is 15.8. The van der Waals surface area contributed by atoms with Crippen LogP contribution in [0.15, 0.2) is 66.7 Å². The van der Waals surface area contributed by atoms with E-state index in [1.54, 1.807) is 39.8 Å². The van der Waals surface area contributed by atoms with E-state index in [9.17, 15) is 32.5 Å². The second kappa shape index (κ2) is 14.4. The zero-order chi connectivity index (χ0) is 37.5. The Morgan fingerprint density at radius 3 is 2.31 bits per heavy atom. The largest absolute Gasteiger partial charge is 0.399 e. The molecule has 4 amide bonds. The number of likely N-dealkylation sites (tertiary alicyclic amines) is 1. The van der Waals surface area contributed by atoms with E-state index >= 15 is 0 Å². The minimum Gasteiger partial charge on any atom is -0.349 e. The number of amides is 4. The average Bonchev–Trinajstić information content (AvgIpc) is 3.73. The highest BCUT2D eigenvalue weighted by Crippen LogP contribution is 2.59. The van der Waals surface area contributed by atoms with Crippen molar-refractivity contribution in [1.29, 1.82) is 0 Å². The second-order valence-corrected chi connectivity index (χ2v) is 16.7. The van der Waals surface area contributed by atoms with Crippen LogP contribution in [0, 0.1) is 5.41 Å². The fraction of sp³-hybridized carbons (Fsp3) is 0.389. The monoisotopic (exact) mass is 742 g/mol. The minimum absolute atomic E-state index is 0.0700. The van der Waals surface area contributed by atoms with Crippen molar-refractivity contribution in [2.24, 2.45) is 5.41 Å². The Bertz CT molecular complexity index is 2040. The average molecular weight is 743 g/mol. The summed E-state index contributed by atoms with van der Waals surface area (Å²) in [6.45, 7) is 5.70. The first-order chi connectivity index (χ1) is 23.8. The van der Waals surface area contributed by atoms with Gasteiger partial charge >= 0.3 is 13.3 Å². The van der Waals surface area contributed by atoms with Gasteiger partial charge in [-0.05, 0) is 64.7 Å². The molecule has 1 saturated heterocycles. The van der Waals surface area contributed by atoms with Crippen LogP contribution in [0.1, 0.15) is 55.3 Å². The van der Waals surface area contributed by atoms with E-state index in [2.05, 4.69) is 5.32 Å². The second-order valence-electron chi connectivity index (χ2n) is 14.0. The number of nitrogens with zero attached hydrogens (tertiary/aromatic N) is 3. The van der Waals surface area contributed by atoms with Gasteiger partial charge in [0.2, 0.25) is 17.7 Å². The molecule has 3 N–H and O–H groups in total. The molecule has 0 bridgehead atoms. The molecule has 4 aromatic rings.